The van der Waals surface area contributed by atoms with Gasteiger partial charge in [0, 0.05) is 12.6 Å². The molecule has 0 aliphatic carbocycles. The molecule has 0 amide bonds. The highest BCUT2D eigenvalue weighted by atomic mass is 15.2. The van der Waals surface area contributed by atoms with E-state index in [2.05, 4.69) is 29.7 Å². The number of likely N-dealkylation sites (tertiary alicyclic amines) is 2. The van der Waals surface area contributed by atoms with Gasteiger partial charge in [0.25, 0.3) is 0 Å². The van der Waals surface area contributed by atoms with Crippen molar-refractivity contribution in [1.29, 1.82) is 5.26 Å². The van der Waals surface area contributed by atoms with E-state index in [0.29, 0.717) is 6.04 Å². The molecule has 2 rings (SSSR count). The summed E-state index contributed by atoms with van der Waals surface area (Å²) in [5.41, 5.74) is -0.163. The van der Waals surface area contributed by atoms with Crippen LogP contribution in [0.5, 0.6) is 0 Å². The van der Waals surface area contributed by atoms with Gasteiger partial charge in [0.15, 0.2) is 0 Å². The van der Waals surface area contributed by atoms with Crippen LogP contribution in [0.15, 0.2) is 0 Å². The predicted molar refractivity (Wildman–Crippen MR) is 74.3 cm³/mol. The van der Waals surface area contributed by atoms with Crippen LogP contribution in [-0.4, -0.2) is 47.6 Å². The molecule has 0 spiro atoms. The van der Waals surface area contributed by atoms with Crippen LogP contribution in [0.4, 0.5) is 0 Å². The average molecular weight is 249 g/mol. The fourth-order valence-electron chi connectivity index (χ4n) is 3.48. The Kier molecular flexibility index (Phi) is 4.64. The van der Waals surface area contributed by atoms with Crippen molar-refractivity contribution in [1.82, 2.24) is 9.80 Å². The van der Waals surface area contributed by atoms with Gasteiger partial charge in [-0.3, -0.25) is 4.90 Å². The molecule has 2 fully saturated rings. The lowest BCUT2D eigenvalue weighted by atomic mass is 9.88. The zero-order valence-electron chi connectivity index (χ0n) is 12.0. The molecule has 2 aliphatic heterocycles. The molecule has 3 nitrogen and oxygen atoms in total. The number of hydrogen-bond acceptors (Lipinski definition) is 3. The summed E-state index contributed by atoms with van der Waals surface area (Å²) in [5, 5.41) is 9.73. The first-order valence-corrected chi connectivity index (χ1v) is 7.58. The quantitative estimate of drug-likeness (QED) is 0.753. The zero-order valence-corrected chi connectivity index (χ0v) is 12.0. The molecule has 2 heterocycles. The molecule has 1 unspecified atom stereocenters. The maximum Gasteiger partial charge on any atom is 0.110 e. The van der Waals surface area contributed by atoms with Gasteiger partial charge in [-0.1, -0.05) is 6.42 Å². The third kappa shape index (κ3) is 2.87. The predicted octanol–water partition coefficient (Wildman–Crippen LogP) is 2.63. The first-order valence-electron chi connectivity index (χ1n) is 7.58. The maximum absolute atomic E-state index is 9.73. The maximum atomic E-state index is 9.73. The van der Waals surface area contributed by atoms with Gasteiger partial charge in [0.05, 0.1) is 6.07 Å². The molecule has 1 atom stereocenters. The van der Waals surface area contributed by atoms with Gasteiger partial charge < -0.3 is 4.90 Å². The van der Waals surface area contributed by atoms with Gasteiger partial charge in [-0.15, -0.1) is 0 Å². The van der Waals surface area contributed by atoms with Crippen LogP contribution in [0.2, 0.25) is 0 Å². The van der Waals surface area contributed by atoms with Gasteiger partial charge in [-0.25, -0.2) is 0 Å². The Bertz CT molecular complexity index is 301. The van der Waals surface area contributed by atoms with Crippen molar-refractivity contribution in [2.24, 2.45) is 0 Å². The van der Waals surface area contributed by atoms with Crippen LogP contribution in [0.25, 0.3) is 0 Å². The minimum atomic E-state index is -0.163. The van der Waals surface area contributed by atoms with E-state index in [0.717, 1.165) is 39.0 Å². The monoisotopic (exact) mass is 249 g/mol. The van der Waals surface area contributed by atoms with E-state index in [4.69, 9.17) is 0 Å². The Hall–Kier alpha value is -0.590. The first kappa shape index (κ1) is 13.8. The van der Waals surface area contributed by atoms with E-state index in [1.165, 1.54) is 25.7 Å². The second kappa shape index (κ2) is 6.04. The van der Waals surface area contributed by atoms with Crippen molar-refractivity contribution in [3.05, 3.63) is 0 Å². The third-order valence-electron chi connectivity index (χ3n) is 4.75. The summed E-state index contributed by atoms with van der Waals surface area (Å²) >= 11 is 0. The topological polar surface area (TPSA) is 30.3 Å². The van der Waals surface area contributed by atoms with E-state index in [9.17, 15) is 5.26 Å². The highest BCUT2D eigenvalue weighted by Crippen LogP contribution is 2.31. The summed E-state index contributed by atoms with van der Waals surface area (Å²) in [4.78, 5) is 5.02. The van der Waals surface area contributed by atoms with Crippen LogP contribution in [0.1, 0.15) is 52.4 Å². The summed E-state index contributed by atoms with van der Waals surface area (Å²) in [7, 11) is 0. The molecule has 3 heteroatoms. The highest BCUT2D eigenvalue weighted by Gasteiger charge is 2.39. The van der Waals surface area contributed by atoms with Crippen molar-refractivity contribution in [2.45, 2.75) is 64.0 Å². The van der Waals surface area contributed by atoms with Crippen molar-refractivity contribution >= 4 is 0 Å². The van der Waals surface area contributed by atoms with E-state index >= 15 is 0 Å². The second-order valence-corrected chi connectivity index (χ2v) is 6.17. The lowest BCUT2D eigenvalue weighted by molar-refractivity contribution is 0.0948. The Morgan fingerprint density at radius 2 is 1.67 bits per heavy atom. The molecule has 0 aromatic carbocycles. The number of piperidine rings is 1. The van der Waals surface area contributed by atoms with Crippen LogP contribution in [0, 0.1) is 11.3 Å². The van der Waals surface area contributed by atoms with Gasteiger partial charge in [-0.05, 0) is 65.6 Å². The lowest BCUT2D eigenvalue weighted by Crippen LogP contribution is -2.50. The van der Waals surface area contributed by atoms with Crippen molar-refractivity contribution in [3.8, 4) is 6.07 Å². The Labute approximate surface area is 112 Å². The molecule has 0 aromatic heterocycles. The van der Waals surface area contributed by atoms with Crippen LogP contribution >= 0.6 is 0 Å². The summed E-state index contributed by atoms with van der Waals surface area (Å²) in [5.74, 6) is 0. The summed E-state index contributed by atoms with van der Waals surface area (Å²) in [6, 6.07) is 3.30. The Morgan fingerprint density at radius 3 is 2.28 bits per heavy atom. The SMILES string of the molecule is CC(C)N1CCCC(C#N)(N2CCCCC2)CC1. The van der Waals surface area contributed by atoms with Crippen molar-refractivity contribution < 1.29 is 0 Å². The van der Waals surface area contributed by atoms with E-state index in [1.807, 2.05) is 0 Å². The fraction of sp³-hybridized carbons (Fsp3) is 0.933. The molecule has 2 saturated heterocycles. The minimum Gasteiger partial charge on any atom is -0.301 e. The molecule has 0 N–H and O–H groups in total. The standard InChI is InChI=1S/C15H27N3/c1-14(2)17-9-6-7-15(13-16,8-12-17)18-10-4-3-5-11-18/h14H,3-12H2,1-2H3. The normalized spacial score (nSPS) is 32.1. The molecule has 18 heavy (non-hydrogen) atoms. The molecule has 0 radical (unpaired) electrons. The molecule has 2 aliphatic rings. The Morgan fingerprint density at radius 1 is 0.944 bits per heavy atom. The lowest BCUT2D eigenvalue weighted by Gasteiger charge is -2.40. The molecular formula is C15H27N3. The van der Waals surface area contributed by atoms with Gasteiger partial charge in [0.2, 0.25) is 0 Å². The second-order valence-electron chi connectivity index (χ2n) is 6.17. The largest absolute Gasteiger partial charge is 0.301 e. The van der Waals surface area contributed by atoms with Crippen LogP contribution in [0.3, 0.4) is 0 Å². The number of hydrogen-bond donors (Lipinski definition) is 0. The smallest absolute Gasteiger partial charge is 0.110 e. The van der Waals surface area contributed by atoms with Gasteiger partial charge in [0.1, 0.15) is 5.54 Å². The van der Waals surface area contributed by atoms with E-state index in [-0.39, 0.29) is 5.54 Å². The first-order chi connectivity index (χ1) is 8.68. The molecule has 102 valence electrons. The Balaban J connectivity index is 2.05. The van der Waals surface area contributed by atoms with Crippen molar-refractivity contribution in [2.75, 3.05) is 26.2 Å². The number of nitrogens with zero attached hydrogens (tertiary/aromatic N) is 3. The van der Waals surface area contributed by atoms with Crippen molar-refractivity contribution in [3.63, 3.8) is 0 Å². The number of nitriles is 1. The molecule has 0 saturated carbocycles. The number of rotatable bonds is 2. The molecule has 0 aromatic rings. The fourth-order valence-corrected chi connectivity index (χ4v) is 3.48. The zero-order chi connectivity index (χ0) is 13.0. The summed E-state index contributed by atoms with van der Waals surface area (Å²) < 4.78 is 0. The van der Waals surface area contributed by atoms with Gasteiger partial charge >= 0.3 is 0 Å². The summed E-state index contributed by atoms with van der Waals surface area (Å²) in [6.45, 7) is 9.04. The highest BCUT2D eigenvalue weighted by molar-refractivity contribution is 5.10. The third-order valence-corrected chi connectivity index (χ3v) is 4.75. The minimum absolute atomic E-state index is 0.163. The van der Waals surface area contributed by atoms with E-state index in [1.54, 1.807) is 0 Å². The van der Waals surface area contributed by atoms with E-state index < -0.39 is 0 Å². The molecule has 0 bridgehead atoms. The van der Waals surface area contributed by atoms with Crippen LogP contribution in [-0.2, 0) is 0 Å². The van der Waals surface area contributed by atoms with Crippen LogP contribution < -0.4 is 0 Å². The van der Waals surface area contributed by atoms with Gasteiger partial charge in [-0.2, -0.15) is 5.26 Å². The summed E-state index contributed by atoms with van der Waals surface area (Å²) in [6.07, 6.45) is 7.15. The molecular weight excluding hydrogens is 222 g/mol. The average Bonchev–Trinajstić information content (AvgIpc) is 2.63.